The summed E-state index contributed by atoms with van der Waals surface area (Å²) < 4.78 is 4.53. The molecular weight excluding hydrogens is 721 g/mol. The number of benzene rings is 7. The second-order valence-electron chi connectivity index (χ2n) is 14.6. The molecule has 0 saturated carbocycles. The van der Waals surface area contributed by atoms with Crippen molar-refractivity contribution in [3.63, 3.8) is 0 Å². The number of hydrogen-bond acceptors (Lipinski definition) is 2. The molecule has 0 unspecified atom stereocenters. The molecule has 0 aliphatic carbocycles. The van der Waals surface area contributed by atoms with E-state index < -0.39 is 8.07 Å². The van der Waals surface area contributed by atoms with Crippen molar-refractivity contribution >= 4 is 73.7 Å². The maximum atomic E-state index is 5.43. The average Bonchev–Trinajstić information content (AvgIpc) is 3.80. The lowest BCUT2D eigenvalue weighted by Gasteiger charge is -2.34. The molecule has 0 fully saturated rings. The summed E-state index contributed by atoms with van der Waals surface area (Å²) in [5.74, 6) is 2.23. The van der Waals surface area contributed by atoms with Gasteiger partial charge < -0.3 is 0 Å². The van der Waals surface area contributed by atoms with Crippen molar-refractivity contribution in [1.82, 2.24) is 19.1 Å². The van der Waals surface area contributed by atoms with E-state index in [1.165, 1.54) is 31.5 Å². The third-order valence-corrected chi connectivity index (χ3v) is 16.2. The summed E-state index contributed by atoms with van der Waals surface area (Å²) in [5, 5.41) is 8.79. The first-order valence-corrected chi connectivity index (χ1v) is 21.7. The predicted molar refractivity (Wildman–Crippen MR) is 247 cm³/mol. The van der Waals surface area contributed by atoms with Crippen LogP contribution < -0.4 is 20.7 Å². The monoisotopic (exact) mass is 760 g/mol. The van der Waals surface area contributed by atoms with E-state index in [4.69, 9.17) is 9.97 Å². The van der Waals surface area contributed by atoms with E-state index in [2.05, 4.69) is 229 Å². The van der Waals surface area contributed by atoms with Crippen LogP contribution in [0.3, 0.4) is 0 Å². The highest BCUT2D eigenvalue weighted by atomic mass is 28.3. The molecule has 0 amide bonds. The van der Waals surface area contributed by atoms with Gasteiger partial charge in [0.25, 0.3) is 0 Å². The molecular formula is C53H40N4Si. The molecule has 3 heterocycles. The lowest BCUT2D eigenvalue weighted by Crippen LogP contribution is -2.74. The summed E-state index contributed by atoms with van der Waals surface area (Å²) in [6.45, 7) is 6.29. The molecule has 0 spiro atoms. The zero-order chi connectivity index (χ0) is 39.1. The highest BCUT2D eigenvalue weighted by molar-refractivity contribution is 7.19. The van der Waals surface area contributed by atoms with Gasteiger partial charge in [0.2, 0.25) is 0 Å². The molecule has 10 aromatic rings. The van der Waals surface area contributed by atoms with Gasteiger partial charge in [-0.3, -0.25) is 9.13 Å². The molecule has 0 aliphatic heterocycles. The van der Waals surface area contributed by atoms with Gasteiger partial charge in [0.1, 0.15) is 11.6 Å². The molecule has 0 aliphatic rings. The molecule has 0 atom stereocenters. The SMILES string of the molecule is C=Cc1c(/C=C\C)n(-c2cc(-n3c4ccccc4c4ccccc43)nc(-c3ccc([Si](c4ccccc4)(c4ccccc4)c4ccccc4)cc3)n2)c2ccccc12. The van der Waals surface area contributed by atoms with Gasteiger partial charge in [-0.15, -0.1) is 0 Å². The van der Waals surface area contributed by atoms with Crippen molar-refractivity contribution in [1.29, 1.82) is 0 Å². The quantitative estimate of drug-likeness (QED) is 0.109. The standard InChI is InChI=1S/C53H40N4Si/c1-3-20-47-43(4-2)44-27-14-17-30-48(44)56(47)51-37-52(57-49-31-18-15-28-45(49)46-29-16-19-32-50(46)57)55-53(54-51)38-33-35-42(36-34-38)58(39-21-8-5-9-22-39,40-23-10-6-11-24-40)41-25-12-7-13-26-41/h3-37H,2H2,1H3/b20-3-. The van der Waals surface area contributed by atoms with Crippen LogP contribution in [0.1, 0.15) is 18.2 Å². The van der Waals surface area contributed by atoms with Crippen molar-refractivity contribution in [2.45, 2.75) is 6.92 Å². The van der Waals surface area contributed by atoms with Gasteiger partial charge in [0.05, 0.1) is 22.2 Å². The van der Waals surface area contributed by atoms with Crippen molar-refractivity contribution in [3.8, 4) is 23.0 Å². The molecule has 10 rings (SSSR count). The second kappa shape index (κ2) is 14.6. The fraction of sp³-hybridized carbons (Fsp3) is 0.0189. The van der Waals surface area contributed by atoms with Crippen molar-refractivity contribution in [2.75, 3.05) is 0 Å². The van der Waals surface area contributed by atoms with Crippen molar-refractivity contribution in [2.24, 2.45) is 0 Å². The first-order chi connectivity index (χ1) is 28.7. The maximum Gasteiger partial charge on any atom is 0.179 e. The van der Waals surface area contributed by atoms with Crippen LogP contribution >= 0.6 is 0 Å². The lowest BCUT2D eigenvalue weighted by molar-refractivity contribution is 0.972. The van der Waals surface area contributed by atoms with Crippen LogP contribution in [0.15, 0.2) is 207 Å². The molecule has 58 heavy (non-hydrogen) atoms. The maximum absolute atomic E-state index is 5.43. The zero-order valence-electron chi connectivity index (χ0n) is 32.2. The van der Waals surface area contributed by atoms with Crippen molar-refractivity contribution in [3.05, 3.63) is 218 Å². The van der Waals surface area contributed by atoms with E-state index in [0.717, 1.165) is 50.4 Å². The molecule has 3 aromatic heterocycles. The third kappa shape index (κ3) is 5.59. The van der Waals surface area contributed by atoms with Gasteiger partial charge >= 0.3 is 0 Å². The Morgan fingerprint density at radius 1 is 0.466 bits per heavy atom. The first kappa shape index (κ1) is 35.1. The van der Waals surface area contributed by atoms with Gasteiger partial charge in [-0.1, -0.05) is 189 Å². The van der Waals surface area contributed by atoms with E-state index in [1.807, 2.05) is 6.08 Å². The zero-order valence-corrected chi connectivity index (χ0v) is 33.2. The Kier molecular flexibility index (Phi) is 8.85. The van der Waals surface area contributed by atoms with Gasteiger partial charge in [-0.05, 0) is 51.9 Å². The van der Waals surface area contributed by atoms with Gasteiger partial charge in [0, 0.05) is 33.4 Å². The summed E-state index contributed by atoms with van der Waals surface area (Å²) >= 11 is 0. The summed E-state index contributed by atoms with van der Waals surface area (Å²) in [5.41, 5.74) is 6.28. The topological polar surface area (TPSA) is 35.6 Å². The van der Waals surface area contributed by atoms with Gasteiger partial charge in [-0.2, -0.15) is 0 Å². The fourth-order valence-corrected chi connectivity index (χ4v) is 13.7. The molecule has 0 saturated heterocycles. The molecule has 0 N–H and O–H groups in total. The minimum Gasteiger partial charge on any atom is -0.294 e. The summed E-state index contributed by atoms with van der Waals surface area (Å²) in [7, 11) is -2.72. The van der Waals surface area contributed by atoms with Crippen LogP contribution in [0.2, 0.25) is 0 Å². The van der Waals surface area contributed by atoms with Crippen LogP contribution in [-0.2, 0) is 0 Å². The summed E-state index contributed by atoms with van der Waals surface area (Å²) in [4.78, 5) is 10.9. The van der Waals surface area contributed by atoms with E-state index in [-0.39, 0.29) is 0 Å². The smallest absolute Gasteiger partial charge is 0.179 e. The van der Waals surface area contributed by atoms with Gasteiger partial charge in [-0.25, -0.2) is 9.97 Å². The second-order valence-corrected chi connectivity index (χ2v) is 18.4. The number of aromatic nitrogens is 4. The number of nitrogens with zero attached hydrogens (tertiary/aromatic N) is 4. The number of fused-ring (bicyclic) bond motifs is 4. The summed E-state index contributed by atoms with van der Waals surface area (Å²) in [6, 6.07) is 69.9. The predicted octanol–water partition coefficient (Wildman–Crippen LogP) is 10.2. The highest BCUT2D eigenvalue weighted by Gasteiger charge is 2.41. The van der Waals surface area contributed by atoms with Crippen LogP contribution in [0.4, 0.5) is 0 Å². The van der Waals surface area contributed by atoms with E-state index >= 15 is 0 Å². The Bertz CT molecular complexity index is 2970. The average molecular weight is 761 g/mol. The number of para-hydroxylation sites is 3. The van der Waals surface area contributed by atoms with Crippen LogP contribution in [0.5, 0.6) is 0 Å². The molecule has 7 aromatic carbocycles. The summed E-state index contributed by atoms with van der Waals surface area (Å²) in [6.07, 6.45) is 6.18. The molecule has 0 radical (unpaired) electrons. The lowest BCUT2D eigenvalue weighted by atomic mass is 10.1. The molecule has 5 heteroatoms. The minimum atomic E-state index is -2.72. The Balaban J connectivity index is 1.24. The minimum absolute atomic E-state index is 0.650. The Morgan fingerprint density at radius 2 is 0.879 bits per heavy atom. The molecule has 4 nitrogen and oxygen atoms in total. The van der Waals surface area contributed by atoms with E-state index in [9.17, 15) is 0 Å². The van der Waals surface area contributed by atoms with Crippen LogP contribution in [-0.4, -0.2) is 27.2 Å². The Morgan fingerprint density at radius 3 is 1.36 bits per heavy atom. The Hall–Kier alpha value is -7.34. The Labute approximate surface area is 339 Å². The highest BCUT2D eigenvalue weighted by Crippen LogP contribution is 2.35. The van der Waals surface area contributed by atoms with Crippen molar-refractivity contribution < 1.29 is 0 Å². The normalized spacial score (nSPS) is 11.9. The van der Waals surface area contributed by atoms with E-state index in [0.29, 0.717) is 5.82 Å². The number of rotatable bonds is 9. The number of hydrogen-bond donors (Lipinski definition) is 0. The molecule has 276 valence electrons. The van der Waals surface area contributed by atoms with Gasteiger partial charge in [0.15, 0.2) is 13.9 Å². The number of allylic oxidation sites excluding steroid dienone is 1. The molecule has 0 bridgehead atoms. The largest absolute Gasteiger partial charge is 0.294 e. The fourth-order valence-electron chi connectivity index (χ4n) is 8.95. The van der Waals surface area contributed by atoms with Crippen LogP contribution in [0.25, 0.3) is 67.9 Å². The third-order valence-electron chi connectivity index (χ3n) is 11.4. The van der Waals surface area contributed by atoms with E-state index in [1.54, 1.807) is 0 Å². The van der Waals surface area contributed by atoms with Crippen LogP contribution in [0, 0.1) is 0 Å². The first-order valence-electron chi connectivity index (χ1n) is 19.7.